The standard InChI is InChI=1S/C9H16N2O4/c1-4-5-15-9(13)11-6(2)7(10)8(12)14-3/h4,6-7H,1,5,10H2,2-3H3,(H,11,13)/t6-,7+/m1/s1. The van der Waals surface area contributed by atoms with Crippen LogP contribution in [0.25, 0.3) is 0 Å². The van der Waals surface area contributed by atoms with E-state index in [2.05, 4.69) is 21.4 Å². The molecule has 0 heterocycles. The molecule has 0 unspecified atom stereocenters. The van der Waals surface area contributed by atoms with Crippen LogP contribution in [0.5, 0.6) is 0 Å². The molecule has 0 aliphatic heterocycles. The Morgan fingerprint density at radius 2 is 2.20 bits per heavy atom. The first-order chi connectivity index (χ1) is 7.02. The van der Waals surface area contributed by atoms with Gasteiger partial charge >= 0.3 is 12.1 Å². The van der Waals surface area contributed by atoms with Crippen molar-refractivity contribution in [2.45, 2.75) is 19.0 Å². The second-order valence-electron chi connectivity index (χ2n) is 2.87. The van der Waals surface area contributed by atoms with E-state index < -0.39 is 24.1 Å². The zero-order chi connectivity index (χ0) is 11.8. The summed E-state index contributed by atoms with van der Waals surface area (Å²) < 4.78 is 9.07. The fraction of sp³-hybridized carbons (Fsp3) is 0.556. The molecule has 0 fully saturated rings. The van der Waals surface area contributed by atoms with Crippen LogP contribution in [-0.2, 0) is 14.3 Å². The molecule has 0 radical (unpaired) electrons. The van der Waals surface area contributed by atoms with Gasteiger partial charge in [0, 0.05) is 0 Å². The molecular formula is C9H16N2O4. The Kier molecular flexibility index (Phi) is 6.12. The maximum atomic E-state index is 11.0. The first-order valence-corrected chi connectivity index (χ1v) is 4.40. The van der Waals surface area contributed by atoms with E-state index in [1.54, 1.807) is 6.92 Å². The van der Waals surface area contributed by atoms with Gasteiger partial charge < -0.3 is 20.5 Å². The van der Waals surface area contributed by atoms with Gasteiger partial charge in [0.05, 0.1) is 13.2 Å². The van der Waals surface area contributed by atoms with E-state index in [4.69, 9.17) is 5.73 Å². The molecule has 3 N–H and O–H groups in total. The Morgan fingerprint density at radius 1 is 1.60 bits per heavy atom. The summed E-state index contributed by atoms with van der Waals surface area (Å²) in [6.07, 6.45) is 0.784. The van der Waals surface area contributed by atoms with E-state index in [1.807, 2.05) is 0 Å². The van der Waals surface area contributed by atoms with Crippen molar-refractivity contribution in [1.29, 1.82) is 0 Å². The van der Waals surface area contributed by atoms with Crippen molar-refractivity contribution in [1.82, 2.24) is 5.32 Å². The number of nitrogens with one attached hydrogen (secondary N) is 1. The molecule has 0 aromatic rings. The lowest BCUT2D eigenvalue weighted by molar-refractivity contribution is -0.142. The van der Waals surface area contributed by atoms with Gasteiger partial charge in [0.15, 0.2) is 0 Å². The van der Waals surface area contributed by atoms with E-state index in [0.29, 0.717) is 0 Å². The van der Waals surface area contributed by atoms with Gasteiger partial charge in [-0.1, -0.05) is 12.7 Å². The number of esters is 1. The summed E-state index contributed by atoms with van der Waals surface area (Å²) in [5, 5.41) is 2.39. The highest BCUT2D eigenvalue weighted by Crippen LogP contribution is 1.93. The Labute approximate surface area is 88.4 Å². The normalized spacial score (nSPS) is 13.5. The van der Waals surface area contributed by atoms with E-state index in [0.717, 1.165) is 0 Å². The van der Waals surface area contributed by atoms with E-state index in [9.17, 15) is 9.59 Å². The fourth-order valence-corrected chi connectivity index (χ4v) is 0.792. The highest BCUT2D eigenvalue weighted by Gasteiger charge is 2.23. The van der Waals surface area contributed by atoms with E-state index in [1.165, 1.54) is 13.2 Å². The van der Waals surface area contributed by atoms with Gasteiger partial charge in [0.2, 0.25) is 0 Å². The van der Waals surface area contributed by atoms with Crippen LogP contribution in [0.2, 0.25) is 0 Å². The average molecular weight is 216 g/mol. The molecule has 0 aromatic carbocycles. The second kappa shape index (κ2) is 6.83. The third-order valence-corrected chi connectivity index (χ3v) is 1.69. The van der Waals surface area contributed by atoms with Crippen LogP contribution in [0.3, 0.4) is 0 Å². The molecule has 86 valence electrons. The van der Waals surface area contributed by atoms with Crippen molar-refractivity contribution in [3.05, 3.63) is 12.7 Å². The molecule has 0 aliphatic carbocycles. The maximum Gasteiger partial charge on any atom is 0.407 e. The summed E-state index contributed by atoms with van der Waals surface area (Å²) in [5.41, 5.74) is 5.48. The molecule has 2 atom stereocenters. The number of nitrogens with two attached hydrogens (primary N) is 1. The van der Waals surface area contributed by atoms with Crippen LogP contribution < -0.4 is 11.1 Å². The van der Waals surface area contributed by atoms with Gasteiger partial charge in [-0.05, 0) is 6.92 Å². The molecule has 0 bridgehead atoms. The first-order valence-electron chi connectivity index (χ1n) is 4.40. The zero-order valence-electron chi connectivity index (χ0n) is 8.86. The number of rotatable bonds is 5. The van der Waals surface area contributed by atoms with Crippen LogP contribution in [0.4, 0.5) is 4.79 Å². The van der Waals surface area contributed by atoms with Crippen molar-refractivity contribution in [3.8, 4) is 0 Å². The summed E-state index contributed by atoms with van der Waals surface area (Å²) in [6, 6.07) is -1.47. The Hall–Kier alpha value is -1.56. The SMILES string of the molecule is C=CCOC(=O)N[C@H](C)[C@H](N)C(=O)OC. The van der Waals surface area contributed by atoms with E-state index >= 15 is 0 Å². The summed E-state index contributed by atoms with van der Waals surface area (Å²) in [7, 11) is 1.23. The highest BCUT2D eigenvalue weighted by molar-refractivity contribution is 5.77. The smallest absolute Gasteiger partial charge is 0.407 e. The third-order valence-electron chi connectivity index (χ3n) is 1.69. The number of hydrogen-bond acceptors (Lipinski definition) is 5. The zero-order valence-corrected chi connectivity index (χ0v) is 8.86. The van der Waals surface area contributed by atoms with E-state index in [-0.39, 0.29) is 6.61 Å². The maximum absolute atomic E-state index is 11.0. The van der Waals surface area contributed by atoms with Crippen LogP contribution in [0.1, 0.15) is 6.92 Å². The first kappa shape index (κ1) is 13.4. The number of methoxy groups -OCH3 is 1. The van der Waals surface area contributed by atoms with Gasteiger partial charge in [0.25, 0.3) is 0 Å². The number of hydrogen-bond donors (Lipinski definition) is 2. The number of amides is 1. The second-order valence-corrected chi connectivity index (χ2v) is 2.87. The monoisotopic (exact) mass is 216 g/mol. The van der Waals surface area contributed by atoms with Gasteiger partial charge in [-0.25, -0.2) is 4.79 Å². The molecular weight excluding hydrogens is 200 g/mol. The number of carbonyl (C=O) groups is 2. The largest absolute Gasteiger partial charge is 0.468 e. The average Bonchev–Trinajstić information content (AvgIpc) is 2.23. The molecule has 1 amide bonds. The Morgan fingerprint density at radius 3 is 2.67 bits per heavy atom. The lowest BCUT2D eigenvalue weighted by Crippen LogP contribution is -2.50. The summed E-state index contributed by atoms with van der Waals surface area (Å²) >= 11 is 0. The predicted molar refractivity (Wildman–Crippen MR) is 54.1 cm³/mol. The van der Waals surface area contributed by atoms with Crippen LogP contribution in [0.15, 0.2) is 12.7 Å². The Bertz CT molecular complexity index is 242. The van der Waals surface area contributed by atoms with Crippen LogP contribution in [-0.4, -0.2) is 37.9 Å². The fourth-order valence-electron chi connectivity index (χ4n) is 0.792. The molecule has 0 rings (SSSR count). The van der Waals surface area contributed by atoms with Gasteiger partial charge in [-0.3, -0.25) is 4.79 Å². The molecule has 0 aromatic heterocycles. The van der Waals surface area contributed by atoms with Crippen molar-refractivity contribution in [2.75, 3.05) is 13.7 Å². The van der Waals surface area contributed by atoms with Crippen molar-refractivity contribution < 1.29 is 19.1 Å². The molecule has 15 heavy (non-hydrogen) atoms. The molecule has 6 nitrogen and oxygen atoms in total. The van der Waals surface area contributed by atoms with Crippen LogP contribution >= 0.6 is 0 Å². The van der Waals surface area contributed by atoms with Gasteiger partial charge in [0.1, 0.15) is 12.6 Å². The van der Waals surface area contributed by atoms with Crippen molar-refractivity contribution >= 4 is 12.1 Å². The lowest BCUT2D eigenvalue weighted by atomic mass is 10.1. The molecule has 0 spiro atoms. The van der Waals surface area contributed by atoms with Crippen molar-refractivity contribution in [2.24, 2.45) is 5.73 Å². The minimum Gasteiger partial charge on any atom is -0.468 e. The van der Waals surface area contributed by atoms with Gasteiger partial charge in [-0.2, -0.15) is 0 Å². The van der Waals surface area contributed by atoms with Gasteiger partial charge in [-0.15, -0.1) is 0 Å². The van der Waals surface area contributed by atoms with Crippen molar-refractivity contribution in [3.63, 3.8) is 0 Å². The predicted octanol–water partition coefficient (Wildman–Crippen LogP) is -0.213. The topological polar surface area (TPSA) is 90.6 Å². The molecule has 0 aliphatic rings. The number of ether oxygens (including phenoxy) is 2. The highest BCUT2D eigenvalue weighted by atomic mass is 16.5. The molecule has 0 saturated heterocycles. The molecule has 0 saturated carbocycles. The summed E-state index contributed by atoms with van der Waals surface area (Å²) in [4.78, 5) is 22.0. The third kappa shape index (κ3) is 5.02. The molecule has 6 heteroatoms. The van der Waals surface area contributed by atoms with Crippen LogP contribution in [0, 0.1) is 0 Å². The Balaban J connectivity index is 4.00. The summed E-state index contributed by atoms with van der Waals surface area (Å²) in [6.45, 7) is 5.07. The number of alkyl carbamates (subject to hydrolysis) is 1. The minimum absolute atomic E-state index is 0.103. The minimum atomic E-state index is -0.911. The lowest BCUT2D eigenvalue weighted by Gasteiger charge is -2.18. The summed E-state index contributed by atoms with van der Waals surface area (Å²) in [5.74, 6) is -0.591. The number of carbonyl (C=O) groups excluding carboxylic acids is 2. The quantitative estimate of drug-likeness (QED) is 0.490.